The highest BCUT2D eigenvalue weighted by atomic mass is 31.2. The lowest BCUT2D eigenvalue weighted by Crippen LogP contribution is -2.34. The lowest BCUT2D eigenvalue weighted by molar-refractivity contribution is -0.154. The van der Waals surface area contributed by atoms with E-state index in [1.54, 1.807) is 0 Å². The second-order valence-corrected chi connectivity index (χ2v) is 13.1. The normalized spacial score (nSPS) is 14.3. The first-order chi connectivity index (χ1) is 20.7. The maximum Gasteiger partial charge on any atom is 0.472 e. The zero-order valence-corrected chi connectivity index (χ0v) is 28.2. The van der Waals surface area contributed by atoms with Crippen LogP contribution in [0.1, 0.15) is 155 Å². The Bertz CT molecular complexity index is 710. The molecule has 256 valence electrons. The smallest absolute Gasteiger partial charge is 0.472 e. The highest BCUT2D eigenvalue weighted by Gasteiger charge is 2.27. The van der Waals surface area contributed by atoms with Crippen molar-refractivity contribution in [3.8, 4) is 0 Å². The Morgan fingerprint density at radius 3 is 1.53 bits per heavy atom. The fraction of sp³-hybridized carbons (Fsp3) is 0.938. The van der Waals surface area contributed by atoms with Crippen molar-refractivity contribution in [2.24, 2.45) is 5.73 Å². The number of ether oxygens (including phenoxy) is 2. The number of carboxylic acid groups (broad SMARTS) is 1. The minimum atomic E-state index is -4.59. The lowest BCUT2D eigenvalue weighted by atomic mass is 10.1. The molecule has 3 unspecified atom stereocenters. The van der Waals surface area contributed by atoms with Crippen molar-refractivity contribution in [3.63, 3.8) is 0 Å². The van der Waals surface area contributed by atoms with E-state index in [1.807, 2.05) is 0 Å². The van der Waals surface area contributed by atoms with Crippen LogP contribution in [-0.4, -0.2) is 60.5 Å². The van der Waals surface area contributed by atoms with Gasteiger partial charge in [0.25, 0.3) is 0 Å². The molecule has 3 atom stereocenters. The first-order valence-electron chi connectivity index (χ1n) is 17.1. The molecule has 0 radical (unpaired) electrons. The molecule has 0 bridgehead atoms. The van der Waals surface area contributed by atoms with Crippen LogP contribution in [0, 0.1) is 0 Å². The van der Waals surface area contributed by atoms with Gasteiger partial charge in [0.1, 0.15) is 12.1 Å². The van der Waals surface area contributed by atoms with E-state index in [0.717, 1.165) is 38.5 Å². The van der Waals surface area contributed by atoms with E-state index in [0.29, 0.717) is 6.61 Å². The number of hydrogen-bond donors (Lipinski definition) is 3. The second-order valence-electron chi connectivity index (χ2n) is 11.7. The van der Waals surface area contributed by atoms with Gasteiger partial charge in [0.2, 0.25) is 0 Å². The topological polar surface area (TPSA) is 155 Å². The highest BCUT2D eigenvalue weighted by molar-refractivity contribution is 7.47. The average Bonchev–Trinajstić information content (AvgIpc) is 2.97. The molecule has 0 amide bonds. The Balaban J connectivity index is 4.32. The van der Waals surface area contributed by atoms with Crippen LogP contribution < -0.4 is 5.73 Å². The fourth-order valence-corrected chi connectivity index (χ4v) is 5.44. The van der Waals surface area contributed by atoms with Gasteiger partial charge >= 0.3 is 19.8 Å². The molecular formula is C32H64NO9P. The molecule has 0 aliphatic rings. The summed E-state index contributed by atoms with van der Waals surface area (Å²) in [5, 5.41) is 8.82. The molecule has 43 heavy (non-hydrogen) atoms. The Labute approximate surface area is 261 Å². The van der Waals surface area contributed by atoms with Gasteiger partial charge in [0.15, 0.2) is 0 Å². The molecule has 0 aromatic carbocycles. The molecule has 0 aromatic rings. The third kappa shape index (κ3) is 29.4. The molecule has 4 N–H and O–H groups in total. The molecule has 0 aliphatic heterocycles. The van der Waals surface area contributed by atoms with Gasteiger partial charge in [-0.25, -0.2) is 4.57 Å². The van der Waals surface area contributed by atoms with E-state index >= 15 is 0 Å². The fourth-order valence-electron chi connectivity index (χ4n) is 4.66. The number of unbranched alkanes of at least 4 members (excludes halogenated alkanes) is 19. The maximum absolute atomic E-state index is 12.4. The van der Waals surface area contributed by atoms with Crippen LogP contribution in [0.4, 0.5) is 0 Å². The molecule has 0 saturated heterocycles. The van der Waals surface area contributed by atoms with E-state index in [9.17, 15) is 19.0 Å². The van der Waals surface area contributed by atoms with Gasteiger partial charge in [-0.1, -0.05) is 136 Å². The lowest BCUT2D eigenvalue weighted by Gasteiger charge is -2.20. The second kappa shape index (κ2) is 29.7. The summed E-state index contributed by atoms with van der Waals surface area (Å²) in [5.74, 6) is -1.78. The van der Waals surface area contributed by atoms with Crippen molar-refractivity contribution in [2.75, 3.05) is 26.4 Å². The summed E-state index contributed by atoms with van der Waals surface area (Å²) in [6, 6.07) is -1.46. The standard InChI is InChI=1S/C32H64NO9P/c1-3-5-7-9-11-13-14-15-17-19-21-23-25-39-26-29(27-40-43(37,38)41-28-30(33)32(35)36)42-31(34)24-22-20-18-16-12-10-8-6-4-2/h29-30H,3-28,33H2,1-2H3,(H,35,36)(H,37,38). The van der Waals surface area contributed by atoms with Gasteiger partial charge in [0, 0.05) is 13.0 Å². The monoisotopic (exact) mass is 637 g/mol. The third-order valence-corrected chi connectivity index (χ3v) is 8.34. The van der Waals surface area contributed by atoms with Crippen LogP contribution in [0.25, 0.3) is 0 Å². The molecule has 0 rings (SSSR count). The van der Waals surface area contributed by atoms with Gasteiger partial charge in [-0.15, -0.1) is 0 Å². The molecule has 0 heterocycles. The van der Waals surface area contributed by atoms with Gasteiger partial charge in [-0.05, 0) is 12.8 Å². The van der Waals surface area contributed by atoms with Gasteiger partial charge in [-0.3, -0.25) is 18.6 Å². The number of aliphatic carboxylic acids is 1. The molecule has 10 nitrogen and oxygen atoms in total. The average molecular weight is 638 g/mol. The van der Waals surface area contributed by atoms with Crippen molar-refractivity contribution in [1.82, 2.24) is 0 Å². The summed E-state index contributed by atoms with van der Waals surface area (Å²) < 4.78 is 33.0. The van der Waals surface area contributed by atoms with Crippen molar-refractivity contribution < 1.29 is 42.7 Å². The van der Waals surface area contributed by atoms with Crippen LogP contribution in [0.2, 0.25) is 0 Å². The number of phosphoric acid groups is 1. The van der Waals surface area contributed by atoms with Crippen LogP contribution in [0.15, 0.2) is 0 Å². The van der Waals surface area contributed by atoms with Crippen LogP contribution in [-0.2, 0) is 32.7 Å². The van der Waals surface area contributed by atoms with Crippen molar-refractivity contribution in [1.29, 1.82) is 0 Å². The first-order valence-corrected chi connectivity index (χ1v) is 18.6. The number of carbonyl (C=O) groups excluding carboxylic acids is 1. The van der Waals surface area contributed by atoms with Gasteiger partial charge in [0.05, 0.1) is 19.8 Å². The Morgan fingerprint density at radius 1 is 0.651 bits per heavy atom. The van der Waals surface area contributed by atoms with Gasteiger partial charge in [-0.2, -0.15) is 0 Å². The largest absolute Gasteiger partial charge is 0.480 e. The van der Waals surface area contributed by atoms with Crippen molar-refractivity contribution >= 4 is 19.8 Å². The molecular weight excluding hydrogens is 573 g/mol. The number of phosphoric ester groups is 1. The summed E-state index contributed by atoms with van der Waals surface area (Å²) in [5.41, 5.74) is 5.31. The third-order valence-electron chi connectivity index (χ3n) is 7.39. The van der Waals surface area contributed by atoms with Crippen LogP contribution in [0.5, 0.6) is 0 Å². The number of carboxylic acids is 1. The molecule has 0 aliphatic carbocycles. The maximum atomic E-state index is 12.4. The summed E-state index contributed by atoms with van der Waals surface area (Å²) in [4.78, 5) is 33.2. The predicted molar refractivity (Wildman–Crippen MR) is 171 cm³/mol. The van der Waals surface area contributed by atoms with E-state index in [4.69, 9.17) is 24.8 Å². The van der Waals surface area contributed by atoms with E-state index in [1.165, 1.54) is 96.3 Å². The summed E-state index contributed by atoms with van der Waals surface area (Å²) in [6.45, 7) is 3.85. The van der Waals surface area contributed by atoms with E-state index < -0.39 is 45.1 Å². The molecule has 0 spiro atoms. The van der Waals surface area contributed by atoms with E-state index in [-0.39, 0.29) is 13.0 Å². The van der Waals surface area contributed by atoms with Gasteiger partial charge < -0.3 is 25.2 Å². The Hall–Kier alpha value is -1.03. The number of carbonyl (C=O) groups is 2. The zero-order valence-electron chi connectivity index (χ0n) is 27.3. The first kappa shape index (κ1) is 42.0. The summed E-state index contributed by atoms with van der Waals surface area (Å²) in [7, 11) is -4.59. The van der Waals surface area contributed by atoms with Crippen LogP contribution >= 0.6 is 7.82 Å². The number of nitrogens with two attached hydrogens (primary N) is 1. The Morgan fingerprint density at radius 2 is 1.07 bits per heavy atom. The van der Waals surface area contributed by atoms with Crippen molar-refractivity contribution in [3.05, 3.63) is 0 Å². The number of hydrogen-bond acceptors (Lipinski definition) is 8. The minimum absolute atomic E-state index is 0.0240. The minimum Gasteiger partial charge on any atom is -0.480 e. The van der Waals surface area contributed by atoms with Crippen molar-refractivity contribution in [2.45, 2.75) is 167 Å². The SMILES string of the molecule is CCCCCCCCCCCCCCOCC(COP(=O)(O)OCC(N)C(=O)O)OC(=O)CCCCCCCCCCC. The molecule has 0 aromatic heterocycles. The highest BCUT2D eigenvalue weighted by Crippen LogP contribution is 2.43. The molecule has 0 saturated carbocycles. The van der Waals surface area contributed by atoms with E-state index in [2.05, 4.69) is 18.4 Å². The Kier molecular flexibility index (Phi) is 29.0. The molecule has 0 fully saturated rings. The summed E-state index contributed by atoms with van der Waals surface area (Å²) in [6.07, 6.45) is 24.5. The molecule has 11 heteroatoms. The summed E-state index contributed by atoms with van der Waals surface area (Å²) >= 11 is 0. The number of esters is 1. The number of rotatable bonds is 33. The van der Waals surface area contributed by atoms with Crippen LogP contribution in [0.3, 0.4) is 0 Å². The quantitative estimate of drug-likeness (QED) is 0.0365. The predicted octanol–water partition coefficient (Wildman–Crippen LogP) is 8.08. The zero-order chi connectivity index (χ0) is 32.0.